The van der Waals surface area contributed by atoms with Gasteiger partial charge in [0.1, 0.15) is 12.0 Å². The van der Waals surface area contributed by atoms with Gasteiger partial charge in [0.15, 0.2) is 5.96 Å². The summed E-state index contributed by atoms with van der Waals surface area (Å²) in [6.45, 7) is 7.92. The van der Waals surface area contributed by atoms with E-state index < -0.39 is 10.0 Å². The standard InChI is InChI=1S/C18H32N6O3S.HI/c1-4-19-18(20-13-15(2)22(3)17-5-6-17)23-8-10-24(11-9-23)28(25,26)14-16-7-12-27-21-16;/h7,12,15,17H,4-6,8-11,13-14H2,1-3H3,(H,19,20);1H. The first-order chi connectivity index (χ1) is 13.4. The van der Waals surface area contributed by atoms with Crippen molar-refractivity contribution in [3.8, 4) is 0 Å². The highest BCUT2D eigenvalue weighted by Crippen LogP contribution is 2.26. The molecule has 3 rings (SSSR count). The van der Waals surface area contributed by atoms with Gasteiger partial charge in [0, 0.05) is 50.9 Å². The predicted octanol–water partition coefficient (Wildman–Crippen LogP) is 1.19. The average molecular weight is 540 g/mol. The molecule has 2 heterocycles. The van der Waals surface area contributed by atoms with Crippen LogP contribution in [0.3, 0.4) is 0 Å². The summed E-state index contributed by atoms with van der Waals surface area (Å²) in [5.74, 6) is 0.745. The molecule has 2 fully saturated rings. The van der Waals surface area contributed by atoms with Crippen molar-refractivity contribution in [2.75, 3.05) is 46.3 Å². The monoisotopic (exact) mass is 540 g/mol. The Kier molecular flexibility index (Phi) is 9.16. The zero-order valence-corrected chi connectivity index (χ0v) is 20.6. The third kappa shape index (κ3) is 6.79. The van der Waals surface area contributed by atoms with Crippen LogP contribution in [0.4, 0.5) is 0 Å². The Hall–Kier alpha value is -0.920. The SMILES string of the molecule is CCNC(=NCC(C)N(C)C1CC1)N1CCN(S(=O)(=O)Cc2ccon2)CC1.I. The van der Waals surface area contributed by atoms with Crippen molar-refractivity contribution < 1.29 is 12.9 Å². The molecule has 9 nitrogen and oxygen atoms in total. The number of likely N-dealkylation sites (N-methyl/N-ethyl adjacent to an activating group) is 1. The third-order valence-corrected chi connectivity index (χ3v) is 7.22. The second kappa shape index (κ2) is 10.9. The number of piperazine rings is 1. The number of nitrogens with zero attached hydrogens (tertiary/aromatic N) is 5. The summed E-state index contributed by atoms with van der Waals surface area (Å²) in [6, 6.07) is 2.69. The minimum Gasteiger partial charge on any atom is -0.364 e. The summed E-state index contributed by atoms with van der Waals surface area (Å²) >= 11 is 0. The summed E-state index contributed by atoms with van der Waals surface area (Å²) in [5.41, 5.74) is 0.436. The fourth-order valence-electron chi connectivity index (χ4n) is 3.38. The molecule has 0 radical (unpaired) electrons. The first-order valence-electron chi connectivity index (χ1n) is 10.0. The maximum atomic E-state index is 12.6. The smallest absolute Gasteiger partial charge is 0.220 e. The molecular weight excluding hydrogens is 507 g/mol. The predicted molar refractivity (Wildman–Crippen MR) is 124 cm³/mol. The average Bonchev–Trinajstić information content (AvgIpc) is 3.42. The normalized spacial score (nSPS) is 19.9. The van der Waals surface area contributed by atoms with Gasteiger partial charge in [-0.05, 0) is 33.7 Å². The number of aromatic nitrogens is 1. The summed E-state index contributed by atoms with van der Waals surface area (Å²) in [4.78, 5) is 9.37. The lowest BCUT2D eigenvalue weighted by atomic mass is 10.3. The molecule has 1 aliphatic carbocycles. The number of halogens is 1. The lowest BCUT2D eigenvalue weighted by Gasteiger charge is -2.36. The number of nitrogens with one attached hydrogen (secondary N) is 1. The Morgan fingerprint density at radius 2 is 2.07 bits per heavy atom. The topological polar surface area (TPSA) is 94.3 Å². The van der Waals surface area contributed by atoms with E-state index in [1.54, 1.807) is 6.07 Å². The molecule has 2 aliphatic rings. The van der Waals surface area contributed by atoms with Gasteiger partial charge in [-0.15, -0.1) is 24.0 Å². The Bertz CT molecular complexity index is 746. The van der Waals surface area contributed by atoms with E-state index in [0.717, 1.165) is 19.0 Å². The van der Waals surface area contributed by atoms with Gasteiger partial charge in [-0.3, -0.25) is 9.89 Å². The molecule has 0 spiro atoms. The van der Waals surface area contributed by atoms with Crippen molar-refractivity contribution in [3.63, 3.8) is 0 Å². The van der Waals surface area contributed by atoms with E-state index in [0.29, 0.717) is 44.0 Å². The van der Waals surface area contributed by atoms with Gasteiger partial charge in [-0.2, -0.15) is 4.31 Å². The molecule has 1 atom stereocenters. The zero-order chi connectivity index (χ0) is 20.1. The van der Waals surface area contributed by atoms with Crippen molar-refractivity contribution in [2.45, 2.75) is 44.5 Å². The van der Waals surface area contributed by atoms with E-state index in [-0.39, 0.29) is 29.7 Å². The van der Waals surface area contributed by atoms with Crippen LogP contribution in [0, 0.1) is 0 Å². The number of sulfonamides is 1. The number of guanidine groups is 1. The van der Waals surface area contributed by atoms with Gasteiger partial charge in [-0.1, -0.05) is 5.16 Å². The Labute approximate surface area is 190 Å². The highest BCUT2D eigenvalue weighted by molar-refractivity contribution is 14.0. The Morgan fingerprint density at radius 1 is 1.38 bits per heavy atom. The Balaban J connectivity index is 0.00000300. The quantitative estimate of drug-likeness (QED) is 0.301. The summed E-state index contributed by atoms with van der Waals surface area (Å²) in [7, 11) is -1.22. The van der Waals surface area contributed by atoms with E-state index in [9.17, 15) is 8.42 Å². The molecule has 1 aliphatic heterocycles. The van der Waals surface area contributed by atoms with Crippen LogP contribution in [-0.2, 0) is 15.8 Å². The minimum atomic E-state index is -3.39. The summed E-state index contributed by atoms with van der Waals surface area (Å²) in [5, 5.41) is 7.06. The van der Waals surface area contributed by atoms with Gasteiger partial charge < -0.3 is 14.7 Å². The second-order valence-electron chi connectivity index (χ2n) is 7.57. The third-order valence-electron chi connectivity index (χ3n) is 5.41. The zero-order valence-electron chi connectivity index (χ0n) is 17.5. The molecular formula is C18H33IN6O3S. The van der Waals surface area contributed by atoms with E-state index in [1.807, 2.05) is 6.92 Å². The lowest BCUT2D eigenvalue weighted by Crippen LogP contribution is -2.54. The molecule has 1 unspecified atom stereocenters. The lowest BCUT2D eigenvalue weighted by molar-refractivity contribution is 0.246. The van der Waals surface area contributed by atoms with E-state index in [4.69, 9.17) is 9.52 Å². The molecule has 11 heteroatoms. The van der Waals surface area contributed by atoms with Crippen molar-refractivity contribution in [3.05, 3.63) is 18.0 Å². The fraction of sp³-hybridized carbons (Fsp3) is 0.778. The van der Waals surface area contributed by atoms with Crippen LogP contribution < -0.4 is 5.32 Å². The molecule has 1 saturated carbocycles. The first-order valence-corrected chi connectivity index (χ1v) is 11.6. The number of hydrogen-bond donors (Lipinski definition) is 1. The fourth-order valence-corrected chi connectivity index (χ4v) is 4.81. The van der Waals surface area contributed by atoms with Gasteiger partial charge in [-0.25, -0.2) is 8.42 Å². The van der Waals surface area contributed by atoms with Crippen LogP contribution in [0.1, 0.15) is 32.4 Å². The van der Waals surface area contributed by atoms with Crippen LogP contribution in [0.15, 0.2) is 21.8 Å². The van der Waals surface area contributed by atoms with E-state index in [2.05, 4.69) is 34.2 Å². The van der Waals surface area contributed by atoms with Crippen molar-refractivity contribution in [1.29, 1.82) is 0 Å². The summed E-state index contributed by atoms with van der Waals surface area (Å²) in [6.07, 6.45) is 3.97. The molecule has 1 saturated heterocycles. The molecule has 0 amide bonds. The number of hydrogen-bond acceptors (Lipinski definition) is 6. The largest absolute Gasteiger partial charge is 0.364 e. The van der Waals surface area contributed by atoms with Crippen molar-refractivity contribution in [1.82, 2.24) is 24.6 Å². The number of rotatable bonds is 8. The second-order valence-corrected chi connectivity index (χ2v) is 9.54. The van der Waals surface area contributed by atoms with E-state index >= 15 is 0 Å². The van der Waals surface area contributed by atoms with Crippen LogP contribution in [0.2, 0.25) is 0 Å². The van der Waals surface area contributed by atoms with Crippen molar-refractivity contribution in [2.24, 2.45) is 4.99 Å². The van der Waals surface area contributed by atoms with Crippen molar-refractivity contribution >= 4 is 40.0 Å². The Morgan fingerprint density at radius 3 is 2.62 bits per heavy atom. The molecule has 0 bridgehead atoms. The van der Waals surface area contributed by atoms with Crippen LogP contribution >= 0.6 is 24.0 Å². The molecule has 1 N–H and O–H groups in total. The number of aliphatic imine (C=N–C) groups is 1. The summed E-state index contributed by atoms with van der Waals surface area (Å²) < 4.78 is 31.4. The first kappa shape index (κ1) is 24.4. The maximum absolute atomic E-state index is 12.6. The van der Waals surface area contributed by atoms with E-state index in [1.165, 1.54) is 23.4 Å². The highest BCUT2D eigenvalue weighted by Gasteiger charge is 2.30. The molecule has 29 heavy (non-hydrogen) atoms. The minimum absolute atomic E-state index is 0. The molecule has 0 aromatic carbocycles. The van der Waals surface area contributed by atoms with Crippen LogP contribution in [0.25, 0.3) is 0 Å². The maximum Gasteiger partial charge on any atom is 0.220 e. The molecule has 166 valence electrons. The van der Waals surface area contributed by atoms with Gasteiger partial charge in [0.2, 0.25) is 10.0 Å². The van der Waals surface area contributed by atoms with Crippen LogP contribution in [-0.4, -0.2) is 92.0 Å². The molecule has 1 aromatic rings. The molecule has 1 aromatic heterocycles. The van der Waals surface area contributed by atoms with Crippen LogP contribution in [0.5, 0.6) is 0 Å². The van der Waals surface area contributed by atoms with Gasteiger partial charge in [0.25, 0.3) is 0 Å². The highest BCUT2D eigenvalue weighted by atomic mass is 127. The van der Waals surface area contributed by atoms with Gasteiger partial charge in [0.05, 0.1) is 12.2 Å². The van der Waals surface area contributed by atoms with Gasteiger partial charge >= 0.3 is 0 Å².